The van der Waals surface area contributed by atoms with Gasteiger partial charge in [0, 0.05) is 25.6 Å². The minimum atomic E-state index is 0.226. The van der Waals surface area contributed by atoms with Crippen LogP contribution in [0.15, 0.2) is 0 Å². The van der Waals surface area contributed by atoms with Gasteiger partial charge >= 0.3 is 0 Å². The first kappa shape index (κ1) is 10.5. The zero-order valence-corrected chi connectivity index (χ0v) is 7.30. The van der Waals surface area contributed by atoms with Crippen LogP contribution >= 0.6 is 0 Å². The molecule has 0 radical (unpaired) electrons. The summed E-state index contributed by atoms with van der Waals surface area (Å²) in [6.45, 7) is 5.12. The molecule has 0 aliphatic rings. The van der Waals surface area contributed by atoms with Crippen LogP contribution < -0.4 is 5.32 Å². The second-order valence-corrected chi connectivity index (χ2v) is 2.86. The third-order valence-electron chi connectivity index (χ3n) is 1.88. The molecule has 0 aromatic rings. The Morgan fingerprint density at radius 2 is 2.18 bits per heavy atom. The van der Waals surface area contributed by atoms with E-state index in [1.165, 1.54) is 0 Å². The van der Waals surface area contributed by atoms with Gasteiger partial charge in [-0.25, -0.2) is 0 Å². The number of aliphatic hydroxyl groups is 1. The molecular formula is C9H17NO. The van der Waals surface area contributed by atoms with Gasteiger partial charge in [-0.3, -0.25) is 0 Å². The first-order chi connectivity index (χ1) is 5.22. The summed E-state index contributed by atoms with van der Waals surface area (Å²) < 4.78 is 0. The van der Waals surface area contributed by atoms with E-state index in [1.807, 2.05) is 6.92 Å². The SMILES string of the molecule is C#CCCNC(C)C(C)CO. The van der Waals surface area contributed by atoms with Crippen molar-refractivity contribution in [3.63, 3.8) is 0 Å². The molecule has 2 unspecified atom stereocenters. The highest BCUT2D eigenvalue weighted by atomic mass is 16.3. The Morgan fingerprint density at radius 3 is 2.64 bits per heavy atom. The summed E-state index contributed by atoms with van der Waals surface area (Å²) in [5, 5.41) is 12.0. The summed E-state index contributed by atoms with van der Waals surface area (Å²) >= 11 is 0. The van der Waals surface area contributed by atoms with Gasteiger partial charge in [-0.2, -0.15) is 0 Å². The number of rotatable bonds is 5. The van der Waals surface area contributed by atoms with Crippen molar-refractivity contribution in [2.45, 2.75) is 26.3 Å². The van der Waals surface area contributed by atoms with Crippen molar-refractivity contribution in [3.05, 3.63) is 0 Å². The smallest absolute Gasteiger partial charge is 0.0471 e. The average molecular weight is 155 g/mol. The van der Waals surface area contributed by atoms with E-state index in [0.717, 1.165) is 13.0 Å². The molecule has 0 aromatic heterocycles. The van der Waals surface area contributed by atoms with E-state index < -0.39 is 0 Å². The highest BCUT2D eigenvalue weighted by Gasteiger charge is 2.08. The van der Waals surface area contributed by atoms with Crippen molar-refractivity contribution in [1.82, 2.24) is 5.32 Å². The van der Waals surface area contributed by atoms with Gasteiger partial charge in [0.15, 0.2) is 0 Å². The molecule has 0 aliphatic carbocycles. The molecule has 0 saturated heterocycles. The minimum absolute atomic E-state index is 0.226. The molecule has 0 spiro atoms. The second-order valence-electron chi connectivity index (χ2n) is 2.86. The van der Waals surface area contributed by atoms with Crippen molar-refractivity contribution >= 4 is 0 Å². The predicted octanol–water partition coefficient (Wildman–Crippen LogP) is 0.616. The maximum Gasteiger partial charge on any atom is 0.0471 e. The Hall–Kier alpha value is -0.520. The molecule has 64 valence electrons. The van der Waals surface area contributed by atoms with Gasteiger partial charge in [0.05, 0.1) is 0 Å². The minimum Gasteiger partial charge on any atom is -0.396 e. The van der Waals surface area contributed by atoms with Gasteiger partial charge in [0.25, 0.3) is 0 Å². The van der Waals surface area contributed by atoms with Crippen LogP contribution in [0.1, 0.15) is 20.3 Å². The molecule has 0 aliphatic heterocycles. The van der Waals surface area contributed by atoms with E-state index in [0.29, 0.717) is 12.0 Å². The summed E-state index contributed by atoms with van der Waals surface area (Å²) in [6, 6.07) is 0.341. The molecule has 0 bridgehead atoms. The largest absolute Gasteiger partial charge is 0.396 e. The number of terminal acetylenes is 1. The van der Waals surface area contributed by atoms with Gasteiger partial charge in [-0.15, -0.1) is 12.3 Å². The molecule has 0 rings (SSSR count). The summed E-state index contributed by atoms with van der Waals surface area (Å²) in [6.07, 6.45) is 5.84. The highest BCUT2D eigenvalue weighted by Crippen LogP contribution is 1.99. The fourth-order valence-electron chi connectivity index (χ4n) is 0.731. The van der Waals surface area contributed by atoms with Crippen molar-refractivity contribution in [2.75, 3.05) is 13.2 Å². The molecule has 0 saturated carbocycles. The van der Waals surface area contributed by atoms with Crippen LogP contribution in [0.3, 0.4) is 0 Å². The Kier molecular flexibility index (Phi) is 5.91. The second kappa shape index (κ2) is 6.21. The Bertz CT molecular complexity index is 128. The number of hydrogen-bond acceptors (Lipinski definition) is 2. The van der Waals surface area contributed by atoms with Crippen molar-refractivity contribution in [3.8, 4) is 12.3 Å². The Morgan fingerprint density at radius 1 is 1.55 bits per heavy atom. The fourth-order valence-corrected chi connectivity index (χ4v) is 0.731. The van der Waals surface area contributed by atoms with Crippen LogP contribution in [-0.2, 0) is 0 Å². The maximum absolute atomic E-state index is 8.78. The molecule has 11 heavy (non-hydrogen) atoms. The summed E-state index contributed by atoms with van der Waals surface area (Å²) in [4.78, 5) is 0. The van der Waals surface area contributed by atoms with Crippen molar-refractivity contribution < 1.29 is 5.11 Å². The summed E-state index contributed by atoms with van der Waals surface area (Å²) in [5.41, 5.74) is 0. The van der Waals surface area contributed by atoms with Gasteiger partial charge in [-0.05, 0) is 12.8 Å². The third-order valence-corrected chi connectivity index (χ3v) is 1.88. The van der Waals surface area contributed by atoms with Gasteiger partial charge in [0.1, 0.15) is 0 Å². The van der Waals surface area contributed by atoms with Crippen LogP contribution in [0.4, 0.5) is 0 Å². The van der Waals surface area contributed by atoms with Gasteiger partial charge in [-0.1, -0.05) is 6.92 Å². The summed E-state index contributed by atoms with van der Waals surface area (Å²) in [5.74, 6) is 2.85. The van der Waals surface area contributed by atoms with Crippen LogP contribution in [0, 0.1) is 18.3 Å². The Labute approximate surface area is 69.0 Å². The molecule has 2 nitrogen and oxygen atoms in total. The first-order valence-corrected chi connectivity index (χ1v) is 4.00. The normalized spacial score (nSPS) is 15.5. The topological polar surface area (TPSA) is 32.3 Å². The lowest BCUT2D eigenvalue weighted by atomic mass is 10.1. The molecular weight excluding hydrogens is 138 g/mol. The molecule has 0 aromatic carbocycles. The van der Waals surface area contributed by atoms with E-state index >= 15 is 0 Å². The molecule has 0 heterocycles. The number of hydrogen-bond donors (Lipinski definition) is 2. The summed E-state index contributed by atoms with van der Waals surface area (Å²) in [7, 11) is 0. The van der Waals surface area contributed by atoms with Crippen molar-refractivity contribution in [1.29, 1.82) is 0 Å². The lowest BCUT2D eigenvalue weighted by Gasteiger charge is -2.18. The standard InChI is InChI=1S/C9H17NO/c1-4-5-6-10-9(3)8(2)7-11/h1,8-11H,5-7H2,2-3H3. The number of nitrogens with one attached hydrogen (secondary N) is 1. The lowest BCUT2D eigenvalue weighted by Crippen LogP contribution is -2.34. The zero-order valence-electron chi connectivity index (χ0n) is 7.30. The molecule has 2 atom stereocenters. The third kappa shape index (κ3) is 4.83. The molecule has 2 heteroatoms. The Balaban J connectivity index is 3.37. The first-order valence-electron chi connectivity index (χ1n) is 4.00. The quantitative estimate of drug-likeness (QED) is 0.450. The van der Waals surface area contributed by atoms with Crippen LogP contribution in [0.5, 0.6) is 0 Å². The fraction of sp³-hybridized carbons (Fsp3) is 0.778. The molecule has 0 fully saturated rings. The number of aliphatic hydroxyl groups excluding tert-OH is 1. The predicted molar refractivity (Wildman–Crippen MR) is 47.2 cm³/mol. The highest BCUT2D eigenvalue weighted by molar-refractivity contribution is 4.84. The zero-order chi connectivity index (χ0) is 8.69. The van der Waals surface area contributed by atoms with E-state index in [4.69, 9.17) is 11.5 Å². The van der Waals surface area contributed by atoms with E-state index in [2.05, 4.69) is 18.2 Å². The molecule has 0 amide bonds. The van der Waals surface area contributed by atoms with Crippen LogP contribution in [-0.4, -0.2) is 24.3 Å². The van der Waals surface area contributed by atoms with Gasteiger partial charge < -0.3 is 10.4 Å². The molecule has 2 N–H and O–H groups in total. The average Bonchev–Trinajstić information content (AvgIpc) is 2.03. The van der Waals surface area contributed by atoms with E-state index in [9.17, 15) is 0 Å². The maximum atomic E-state index is 8.78. The monoisotopic (exact) mass is 155 g/mol. The van der Waals surface area contributed by atoms with E-state index in [-0.39, 0.29) is 6.61 Å². The van der Waals surface area contributed by atoms with Crippen LogP contribution in [0.2, 0.25) is 0 Å². The van der Waals surface area contributed by atoms with E-state index in [1.54, 1.807) is 0 Å². The van der Waals surface area contributed by atoms with Gasteiger partial charge in [0.2, 0.25) is 0 Å². The van der Waals surface area contributed by atoms with Crippen LogP contribution in [0.25, 0.3) is 0 Å². The van der Waals surface area contributed by atoms with Crippen molar-refractivity contribution in [2.24, 2.45) is 5.92 Å². The lowest BCUT2D eigenvalue weighted by molar-refractivity contribution is 0.208.